The molecule has 3 N–H and O–H groups in total. The number of hydrogen-bond donors (Lipinski definition) is 2. The number of rotatable bonds is 5. The van der Waals surface area contributed by atoms with E-state index in [4.69, 9.17) is 5.73 Å². The van der Waals surface area contributed by atoms with Crippen molar-refractivity contribution >= 4 is 38.6 Å². The zero-order valence-electron chi connectivity index (χ0n) is 17.1. The molecule has 0 aliphatic carbocycles. The van der Waals surface area contributed by atoms with Crippen LogP contribution in [0.2, 0.25) is 0 Å². The molecular formula is C22H19BrN6O3. The van der Waals surface area contributed by atoms with Crippen LogP contribution in [0.25, 0.3) is 10.9 Å². The van der Waals surface area contributed by atoms with Crippen LogP contribution in [-0.2, 0) is 20.1 Å². The molecule has 0 aliphatic rings. The SMILES string of the molecule is Cn1c(=O)n(Cc2ccc(Br)cc2)c(=O)c2cc(C(=O)NCc3ccc(N)nc3)ncc21. The minimum Gasteiger partial charge on any atom is -0.384 e. The number of pyridine rings is 2. The number of nitrogens with two attached hydrogens (primary N) is 1. The van der Waals surface area contributed by atoms with Gasteiger partial charge in [-0.3, -0.25) is 18.7 Å². The molecule has 0 aliphatic heterocycles. The second-order valence-electron chi connectivity index (χ2n) is 7.22. The summed E-state index contributed by atoms with van der Waals surface area (Å²) in [6.45, 7) is 0.343. The fourth-order valence-corrected chi connectivity index (χ4v) is 3.52. The van der Waals surface area contributed by atoms with Crippen molar-refractivity contribution < 1.29 is 4.79 Å². The van der Waals surface area contributed by atoms with Crippen molar-refractivity contribution in [3.63, 3.8) is 0 Å². The molecule has 1 aromatic carbocycles. The molecule has 0 atom stereocenters. The summed E-state index contributed by atoms with van der Waals surface area (Å²) in [4.78, 5) is 46.6. The van der Waals surface area contributed by atoms with Gasteiger partial charge in [0.2, 0.25) is 0 Å². The Kier molecular flexibility index (Phi) is 5.87. The van der Waals surface area contributed by atoms with Gasteiger partial charge in [0, 0.05) is 24.3 Å². The van der Waals surface area contributed by atoms with Gasteiger partial charge in [0.25, 0.3) is 11.5 Å². The molecule has 3 aromatic heterocycles. The van der Waals surface area contributed by atoms with Gasteiger partial charge in [0.1, 0.15) is 11.5 Å². The number of amides is 1. The molecule has 0 saturated heterocycles. The van der Waals surface area contributed by atoms with Gasteiger partial charge < -0.3 is 11.1 Å². The van der Waals surface area contributed by atoms with Crippen molar-refractivity contribution in [2.75, 3.05) is 5.73 Å². The highest BCUT2D eigenvalue weighted by molar-refractivity contribution is 9.10. The van der Waals surface area contributed by atoms with E-state index in [1.807, 2.05) is 24.3 Å². The van der Waals surface area contributed by atoms with Crippen LogP contribution in [0.5, 0.6) is 0 Å². The predicted molar refractivity (Wildman–Crippen MR) is 124 cm³/mol. The third-order valence-corrected chi connectivity index (χ3v) is 5.55. The van der Waals surface area contributed by atoms with Crippen LogP contribution in [0.4, 0.5) is 5.82 Å². The zero-order valence-corrected chi connectivity index (χ0v) is 18.7. The zero-order chi connectivity index (χ0) is 22.8. The number of aromatic nitrogens is 4. The maximum Gasteiger partial charge on any atom is 0.331 e. The molecule has 0 saturated carbocycles. The van der Waals surface area contributed by atoms with E-state index in [0.717, 1.165) is 20.2 Å². The molecular weight excluding hydrogens is 476 g/mol. The average molecular weight is 495 g/mol. The summed E-state index contributed by atoms with van der Waals surface area (Å²) in [6.07, 6.45) is 2.93. The van der Waals surface area contributed by atoms with Gasteiger partial charge in [0.05, 0.1) is 23.6 Å². The molecule has 0 unspecified atom stereocenters. The number of benzene rings is 1. The Morgan fingerprint density at radius 1 is 1.06 bits per heavy atom. The number of carbonyl (C=O) groups is 1. The van der Waals surface area contributed by atoms with E-state index in [0.29, 0.717) is 11.3 Å². The van der Waals surface area contributed by atoms with E-state index in [-0.39, 0.29) is 24.2 Å². The molecule has 1 amide bonds. The van der Waals surface area contributed by atoms with Crippen LogP contribution in [0.3, 0.4) is 0 Å². The lowest BCUT2D eigenvalue weighted by Crippen LogP contribution is -2.39. The van der Waals surface area contributed by atoms with E-state index >= 15 is 0 Å². The number of nitrogens with zero attached hydrogens (tertiary/aromatic N) is 4. The Morgan fingerprint density at radius 3 is 2.47 bits per heavy atom. The summed E-state index contributed by atoms with van der Waals surface area (Å²) in [6, 6.07) is 12.2. The van der Waals surface area contributed by atoms with E-state index in [2.05, 4.69) is 31.2 Å². The molecule has 0 fully saturated rings. The van der Waals surface area contributed by atoms with Gasteiger partial charge in [-0.2, -0.15) is 0 Å². The van der Waals surface area contributed by atoms with Crippen molar-refractivity contribution in [2.24, 2.45) is 7.05 Å². The highest BCUT2D eigenvalue weighted by Crippen LogP contribution is 2.12. The first-order valence-corrected chi connectivity index (χ1v) is 10.5. The molecule has 0 bridgehead atoms. The Balaban J connectivity index is 1.67. The first-order chi connectivity index (χ1) is 15.3. The summed E-state index contributed by atoms with van der Waals surface area (Å²) in [5.41, 5.74) is 6.63. The van der Waals surface area contributed by atoms with E-state index in [9.17, 15) is 14.4 Å². The maximum absolute atomic E-state index is 13.1. The number of carbonyl (C=O) groups excluding carboxylic acids is 1. The summed E-state index contributed by atoms with van der Waals surface area (Å²) < 4.78 is 3.40. The summed E-state index contributed by atoms with van der Waals surface area (Å²) >= 11 is 3.37. The van der Waals surface area contributed by atoms with Gasteiger partial charge in [-0.05, 0) is 35.4 Å². The van der Waals surface area contributed by atoms with Crippen LogP contribution in [0.1, 0.15) is 21.6 Å². The number of aryl methyl sites for hydroxylation is 1. The predicted octanol–water partition coefficient (Wildman–Crippen LogP) is 1.81. The quantitative estimate of drug-likeness (QED) is 0.435. The molecule has 4 rings (SSSR count). The standard InChI is InChI=1S/C22H19BrN6O3/c1-28-18-11-25-17(20(30)27-10-14-4-7-19(24)26-9-14)8-16(18)21(31)29(22(28)32)12-13-2-5-15(23)6-3-13/h2-9,11H,10,12H2,1H3,(H2,24,26)(H,27,30). The summed E-state index contributed by atoms with van der Waals surface area (Å²) in [5, 5.41) is 2.98. The second kappa shape index (κ2) is 8.75. The van der Waals surface area contributed by atoms with Crippen LogP contribution in [0.15, 0.2) is 68.9 Å². The number of fused-ring (bicyclic) bond motifs is 1. The summed E-state index contributed by atoms with van der Waals surface area (Å²) in [5.74, 6) is -0.0576. The number of halogens is 1. The van der Waals surface area contributed by atoms with Gasteiger partial charge in [-0.1, -0.05) is 34.1 Å². The van der Waals surface area contributed by atoms with Crippen LogP contribution >= 0.6 is 15.9 Å². The molecule has 162 valence electrons. The minimum atomic E-state index is -0.481. The van der Waals surface area contributed by atoms with Crippen molar-refractivity contribution in [3.8, 4) is 0 Å². The highest BCUT2D eigenvalue weighted by atomic mass is 79.9. The fraction of sp³-hybridized carbons (Fsp3) is 0.136. The smallest absolute Gasteiger partial charge is 0.331 e. The van der Waals surface area contributed by atoms with Crippen LogP contribution in [0, 0.1) is 0 Å². The lowest BCUT2D eigenvalue weighted by Gasteiger charge is -2.12. The van der Waals surface area contributed by atoms with Crippen LogP contribution in [-0.4, -0.2) is 25.0 Å². The minimum absolute atomic E-state index is 0.0758. The Morgan fingerprint density at radius 2 is 1.78 bits per heavy atom. The fourth-order valence-electron chi connectivity index (χ4n) is 3.25. The van der Waals surface area contributed by atoms with Crippen molar-refractivity contribution in [1.29, 1.82) is 0 Å². The molecule has 4 aromatic rings. The largest absolute Gasteiger partial charge is 0.384 e. The molecule has 10 heteroatoms. The lowest BCUT2D eigenvalue weighted by molar-refractivity contribution is 0.0946. The number of nitrogens with one attached hydrogen (secondary N) is 1. The van der Waals surface area contributed by atoms with Crippen LogP contribution < -0.4 is 22.3 Å². The monoisotopic (exact) mass is 494 g/mol. The Labute approximate surface area is 190 Å². The molecule has 9 nitrogen and oxygen atoms in total. The van der Waals surface area contributed by atoms with Gasteiger partial charge in [-0.15, -0.1) is 0 Å². The van der Waals surface area contributed by atoms with Crippen molar-refractivity contribution in [2.45, 2.75) is 13.1 Å². The molecule has 0 radical (unpaired) electrons. The first kappa shape index (κ1) is 21.4. The second-order valence-corrected chi connectivity index (χ2v) is 8.14. The van der Waals surface area contributed by atoms with Crippen molar-refractivity contribution in [3.05, 3.63) is 97.0 Å². The van der Waals surface area contributed by atoms with E-state index in [1.165, 1.54) is 16.8 Å². The highest BCUT2D eigenvalue weighted by Gasteiger charge is 2.15. The Bertz CT molecular complexity index is 1430. The lowest BCUT2D eigenvalue weighted by atomic mass is 10.2. The third kappa shape index (κ3) is 4.30. The number of hydrogen-bond acceptors (Lipinski definition) is 6. The first-order valence-electron chi connectivity index (χ1n) is 9.66. The van der Waals surface area contributed by atoms with Gasteiger partial charge in [-0.25, -0.2) is 14.8 Å². The third-order valence-electron chi connectivity index (χ3n) is 5.02. The molecule has 32 heavy (non-hydrogen) atoms. The maximum atomic E-state index is 13.1. The van der Waals surface area contributed by atoms with E-state index in [1.54, 1.807) is 25.4 Å². The molecule has 0 spiro atoms. The average Bonchev–Trinajstić information content (AvgIpc) is 2.80. The van der Waals surface area contributed by atoms with Gasteiger partial charge >= 0.3 is 5.69 Å². The van der Waals surface area contributed by atoms with Crippen molar-refractivity contribution in [1.82, 2.24) is 24.4 Å². The number of nitrogen functional groups attached to an aromatic ring is 1. The molecule has 3 heterocycles. The van der Waals surface area contributed by atoms with E-state index < -0.39 is 17.2 Å². The topological polar surface area (TPSA) is 125 Å². The van der Waals surface area contributed by atoms with Gasteiger partial charge in [0.15, 0.2) is 0 Å². The Hall–Kier alpha value is -3.79. The number of anilines is 1. The normalized spacial score (nSPS) is 10.9. The summed E-state index contributed by atoms with van der Waals surface area (Å²) in [7, 11) is 1.57.